The first kappa shape index (κ1) is 21.9. The van der Waals surface area contributed by atoms with E-state index in [9.17, 15) is 4.79 Å². The Morgan fingerprint density at radius 2 is 2.03 bits per heavy atom. The average molecular weight is 489 g/mol. The topological polar surface area (TPSA) is 94.5 Å². The number of nitrogens with zero attached hydrogens (tertiary/aromatic N) is 4. The summed E-state index contributed by atoms with van der Waals surface area (Å²) in [6.07, 6.45) is 1.86. The van der Waals surface area contributed by atoms with Gasteiger partial charge in [-0.3, -0.25) is 9.69 Å². The Morgan fingerprint density at radius 1 is 1.17 bits per heavy atom. The molecule has 1 aromatic carbocycles. The van der Waals surface area contributed by atoms with Gasteiger partial charge in [-0.05, 0) is 57.9 Å². The van der Waals surface area contributed by atoms with Crippen molar-refractivity contribution in [3.63, 3.8) is 0 Å². The molecule has 9 heteroatoms. The standard InChI is InChI=1S/C26H24N4O4S/c1-14-11-18(16(3)33-14)21-12-19(23-15(2)29-34-24(23)27-21)25(31)30(13-17-7-6-10-32-17)26-28-20-8-4-5-9-22(20)35-26/h4-5,8-9,11-12,17H,6-7,10,13H2,1-3H3. The number of carbonyl (C=O) groups excluding carboxylic acids is 1. The first-order valence-electron chi connectivity index (χ1n) is 11.6. The van der Waals surface area contributed by atoms with E-state index in [1.807, 2.05) is 57.2 Å². The number of amides is 1. The van der Waals surface area contributed by atoms with Crippen LogP contribution in [0, 0.1) is 20.8 Å². The highest BCUT2D eigenvalue weighted by Gasteiger charge is 2.30. The number of hydrogen-bond donors (Lipinski definition) is 0. The Hall–Kier alpha value is -3.56. The van der Waals surface area contributed by atoms with Gasteiger partial charge in [-0.15, -0.1) is 0 Å². The minimum absolute atomic E-state index is 0.0369. The summed E-state index contributed by atoms with van der Waals surface area (Å²) in [6, 6.07) is 11.6. The number of aromatic nitrogens is 3. The van der Waals surface area contributed by atoms with Gasteiger partial charge in [-0.25, -0.2) is 9.97 Å². The van der Waals surface area contributed by atoms with Gasteiger partial charge in [0.1, 0.15) is 11.5 Å². The summed E-state index contributed by atoms with van der Waals surface area (Å²) < 4.78 is 18.2. The van der Waals surface area contributed by atoms with Crippen LogP contribution < -0.4 is 4.90 Å². The molecule has 0 aliphatic carbocycles. The molecule has 8 nitrogen and oxygen atoms in total. The zero-order valence-electron chi connectivity index (χ0n) is 19.7. The summed E-state index contributed by atoms with van der Waals surface area (Å²) in [5, 5.41) is 5.35. The molecule has 1 fully saturated rings. The molecule has 1 aliphatic rings. The maximum atomic E-state index is 14.3. The van der Waals surface area contributed by atoms with Crippen molar-refractivity contribution < 1.29 is 18.5 Å². The van der Waals surface area contributed by atoms with Crippen molar-refractivity contribution in [3.05, 3.63) is 59.2 Å². The van der Waals surface area contributed by atoms with E-state index in [0.29, 0.717) is 46.3 Å². The molecule has 1 unspecified atom stereocenters. The summed E-state index contributed by atoms with van der Waals surface area (Å²) >= 11 is 1.50. The van der Waals surface area contributed by atoms with Crippen LogP contribution >= 0.6 is 11.3 Å². The summed E-state index contributed by atoms with van der Waals surface area (Å²) in [5.41, 5.74) is 3.70. The van der Waals surface area contributed by atoms with Crippen LogP contribution in [0.4, 0.5) is 5.13 Å². The van der Waals surface area contributed by atoms with E-state index in [1.54, 1.807) is 4.90 Å². The molecule has 0 bridgehead atoms. The van der Waals surface area contributed by atoms with Crippen molar-refractivity contribution in [3.8, 4) is 11.3 Å². The maximum Gasteiger partial charge on any atom is 0.261 e. The van der Waals surface area contributed by atoms with Crippen molar-refractivity contribution in [2.75, 3.05) is 18.1 Å². The molecule has 6 rings (SSSR count). The van der Waals surface area contributed by atoms with Gasteiger partial charge in [-0.2, -0.15) is 0 Å². The van der Waals surface area contributed by atoms with Crippen molar-refractivity contribution >= 4 is 43.7 Å². The van der Waals surface area contributed by atoms with E-state index >= 15 is 0 Å². The molecule has 0 spiro atoms. The largest absolute Gasteiger partial charge is 0.466 e. The molecule has 1 amide bonds. The fourth-order valence-corrected chi connectivity index (χ4v) is 5.62. The van der Waals surface area contributed by atoms with Crippen LogP contribution in [0.3, 0.4) is 0 Å². The first-order valence-corrected chi connectivity index (χ1v) is 12.4. The maximum absolute atomic E-state index is 14.3. The Bertz CT molecular complexity index is 1530. The number of rotatable bonds is 5. The van der Waals surface area contributed by atoms with Crippen LogP contribution in [0.25, 0.3) is 32.6 Å². The number of aryl methyl sites for hydroxylation is 3. The number of ether oxygens (including phenoxy) is 1. The monoisotopic (exact) mass is 488 g/mol. The normalized spacial score (nSPS) is 15.9. The number of thiazole rings is 1. The molecule has 35 heavy (non-hydrogen) atoms. The highest BCUT2D eigenvalue weighted by atomic mass is 32.1. The molecule has 1 saturated heterocycles. The summed E-state index contributed by atoms with van der Waals surface area (Å²) in [7, 11) is 0. The van der Waals surface area contributed by atoms with E-state index in [2.05, 4.69) is 10.1 Å². The number of hydrogen-bond acceptors (Lipinski definition) is 8. The number of fused-ring (bicyclic) bond motifs is 2. The number of furan rings is 1. The number of pyridine rings is 1. The van der Waals surface area contributed by atoms with Crippen LogP contribution in [0.15, 0.2) is 45.3 Å². The molecule has 0 N–H and O–H groups in total. The second-order valence-electron chi connectivity index (χ2n) is 8.85. The lowest BCUT2D eigenvalue weighted by molar-refractivity contribution is 0.0918. The molecule has 5 aromatic rings. The van der Waals surface area contributed by atoms with Crippen molar-refractivity contribution in [2.24, 2.45) is 0 Å². The van der Waals surface area contributed by atoms with E-state index in [1.165, 1.54) is 11.3 Å². The van der Waals surface area contributed by atoms with Gasteiger partial charge in [-0.1, -0.05) is 28.6 Å². The van der Waals surface area contributed by atoms with E-state index in [4.69, 9.17) is 18.7 Å². The van der Waals surface area contributed by atoms with E-state index < -0.39 is 0 Å². The molecular weight excluding hydrogens is 464 g/mol. The zero-order chi connectivity index (χ0) is 24.1. The van der Waals surface area contributed by atoms with Gasteiger partial charge in [0, 0.05) is 12.2 Å². The minimum atomic E-state index is -0.183. The predicted molar refractivity (Wildman–Crippen MR) is 134 cm³/mol. The van der Waals surface area contributed by atoms with Gasteiger partial charge >= 0.3 is 0 Å². The van der Waals surface area contributed by atoms with E-state index in [0.717, 1.165) is 40.1 Å². The molecule has 0 radical (unpaired) electrons. The second kappa shape index (κ2) is 8.58. The Kier molecular flexibility index (Phi) is 5.38. The van der Waals surface area contributed by atoms with Gasteiger partial charge < -0.3 is 13.7 Å². The predicted octanol–water partition coefficient (Wildman–Crippen LogP) is 5.84. The fraction of sp³-hybridized carbons (Fsp3) is 0.308. The van der Waals surface area contributed by atoms with Crippen LogP contribution in [-0.2, 0) is 4.74 Å². The molecule has 4 aromatic heterocycles. The van der Waals surface area contributed by atoms with Gasteiger partial charge in [0.05, 0.1) is 45.2 Å². The average Bonchev–Trinajstić information content (AvgIpc) is 3.64. The molecular formula is C26H24N4O4S. The van der Waals surface area contributed by atoms with E-state index in [-0.39, 0.29) is 12.0 Å². The molecule has 1 atom stereocenters. The third-order valence-corrected chi connectivity index (χ3v) is 7.39. The van der Waals surface area contributed by atoms with Crippen molar-refractivity contribution in [2.45, 2.75) is 39.7 Å². The van der Waals surface area contributed by atoms with Crippen molar-refractivity contribution in [1.29, 1.82) is 0 Å². The summed E-state index contributed by atoms with van der Waals surface area (Å²) in [4.78, 5) is 25.4. The molecule has 0 saturated carbocycles. The van der Waals surface area contributed by atoms with Crippen LogP contribution in [0.1, 0.15) is 40.4 Å². The Labute approximate surface area is 205 Å². The van der Waals surface area contributed by atoms with Crippen molar-refractivity contribution in [1.82, 2.24) is 15.1 Å². The molecule has 5 heterocycles. The Morgan fingerprint density at radius 3 is 2.77 bits per heavy atom. The lowest BCUT2D eigenvalue weighted by Gasteiger charge is -2.23. The SMILES string of the molecule is Cc1cc(-c2cc(C(=O)N(CC3CCCO3)c3nc4ccccc4s3)c3c(C)noc3n2)c(C)o1. The summed E-state index contributed by atoms with van der Waals surface area (Å²) in [6.45, 7) is 6.72. The van der Waals surface area contributed by atoms with Crippen LogP contribution in [0.5, 0.6) is 0 Å². The van der Waals surface area contributed by atoms with Gasteiger partial charge in [0.2, 0.25) is 0 Å². The van der Waals surface area contributed by atoms with Gasteiger partial charge in [0.25, 0.3) is 11.6 Å². The zero-order valence-corrected chi connectivity index (χ0v) is 20.5. The Balaban J connectivity index is 1.50. The lowest BCUT2D eigenvalue weighted by atomic mass is 10.0. The highest BCUT2D eigenvalue weighted by molar-refractivity contribution is 7.22. The third kappa shape index (κ3) is 3.90. The smallest absolute Gasteiger partial charge is 0.261 e. The first-order chi connectivity index (χ1) is 17.0. The quantitative estimate of drug-likeness (QED) is 0.306. The second-order valence-corrected chi connectivity index (χ2v) is 9.85. The lowest BCUT2D eigenvalue weighted by Crippen LogP contribution is -2.37. The third-order valence-electron chi connectivity index (χ3n) is 6.33. The van der Waals surface area contributed by atoms with Crippen LogP contribution in [-0.4, -0.2) is 40.3 Å². The molecule has 178 valence electrons. The number of carbonyl (C=O) groups is 1. The number of anilines is 1. The number of benzene rings is 1. The summed E-state index contributed by atoms with van der Waals surface area (Å²) in [5.74, 6) is 1.32. The number of para-hydroxylation sites is 1. The van der Waals surface area contributed by atoms with Crippen LogP contribution in [0.2, 0.25) is 0 Å². The fourth-order valence-electron chi connectivity index (χ4n) is 4.65. The highest BCUT2D eigenvalue weighted by Crippen LogP contribution is 2.34. The molecule has 1 aliphatic heterocycles. The van der Waals surface area contributed by atoms with Gasteiger partial charge in [0.15, 0.2) is 5.13 Å². The minimum Gasteiger partial charge on any atom is -0.466 e.